The fourth-order valence-corrected chi connectivity index (χ4v) is 4.32. The Labute approximate surface area is 126 Å². The Morgan fingerprint density at radius 2 is 2.26 bits per heavy atom. The molecule has 1 heterocycles. The first-order valence-electron chi connectivity index (χ1n) is 7.03. The van der Waals surface area contributed by atoms with E-state index in [0.29, 0.717) is 5.92 Å². The van der Waals surface area contributed by atoms with Crippen molar-refractivity contribution in [2.75, 3.05) is 13.1 Å². The zero-order chi connectivity index (χ0) is 13.2. The molecule has 1 aromatic carbocycles. The van der Waals surface area contributed by atoms with Gasteiger partial charge < -0.3 is 5.32 Å². The van der Waals surface area contributed by atoms with Crippen molar-refractivity contribution in [2.45, 2.75) is 32.1 Å². The first kappa shape index (κ1) is 13.5. The van der Waals surface area contributed by atoms with Crippen LogP contribution in [0.3, 0.4) is 0 Å². The zero-order valence-electron chi connectivity index (χ0n) is 11.2. The summed E-state index contributed by atoms with van der Waals surface area (Å²) < 4.78 is 2.45. The SMILES string of the molecule is CCCNC[C@H]1C[C@H](c2nc3ccc(Br)cc3s2)C1. The quantitative estimate of drug-likeness (QED) is 0.808. The van der Waals surface area contributed by atoms with Crippen molar-refractivity contribution in [2.24, 2.45) is 5.92 Å². The third-order valence-corrected chi connectivity index (χ3v) is 5.49. The average Bonchev–Trinajstić information content (AvgIpc) is 2.74. The standard InChI is InChI=1S/C15H19BrN2S/c1-2-5-17-9-10-6-11(7-10)15-18-13-4-3-12(16)8-14(13)19-15/h3-4,8,10-11,17H,2,5-7,9H2,1H3/t10-,11-. The van der Waals surface area contributed by atoms with E-state index in [9.17, 15) is 0 Å². The lowest BCUT2D eigenvalue weighted by Gasteiger charge is -2.34. The Balaban J connectivity index is 1.61. The van der Waals surface area contributed by atoms with Crippen molar-refractivity contribution in [1.29, 1.82) is 0 Å². The molecule has 0 spiro atoms. The molecule has 102 valence electrons. The first-order valence-corrected chi connectivity index (χ1v) is 8.64. The Morgan fingerprint density at radius 3 is 3.05 bits per heavy atom. The molecule has 19 heavy (non-hydrogen) atoms. The molecule has 0 saturated heterocycles. The maximum atomic E-state index is 4.78. The fourth-order valence-electron chi connectivity index (χ4n) is 2.68. The Morgan fingerprint density at radius 1 is 1.42 bits per heavy atom. The number of rotatable bonds is 5. The summed E-state index contributed by atoms with van der Waals surface area (Å²) >= 11 is 5.39. The molecule has 0 atom stereocenters. The summed E-state index contributed by atoms with van der Waals surface area (Å²) in [6.07, 6.45) is 3.83. The van der Waals surface area contributed by atoms with E-state index in [1.165, 1.54) is 35.5 Å². The van der Waals surface area contributed by atoms with Crippen LogP contribution >= 0.6 is 27.3 Å². The highest BCUT2D eigenvalue weighted by Gasteiger charge is 2.32. The van der Waals surface area contributed by atoms with Gasteiger partial charge in [-0.1, -0.05) is 22.9 Å². The summed E-state index contributed by atoms with van der Waals surface area (Å²) in [6, 6.07) is 6.36. The summed E-state index contributed by atoms with van der Waals surface area (Å²) in [7, 11) is 0. The number of hydrogen-bond donors (Lipinski definition) is 1. The topological polar surface area (TPSA) is 24.9 Å². The highest BCUT2D eigenvalue weighted by atomic mass is 79.9. The second kappa shape index (κ2) is 5.90. The smallest absolute Gasteiger partial charge is 0.0969 e. The minimum atomic E-state index is 0.699. The maximum Gasteiger partial charge on any atom is 0.0969 e. The molecule has 1 N–H and O–H groups in total. The highest BCUT2D eigenvalue weighted by molar-refractivity contribution is 9.10. The fraction of sp³-hybridized carbons (Fsp3) is 0.533. The van der Waals surface area contributed by atoms with Gasteiger partial charge in [0.25, 0.3) is 0 Å². The lowest BCUT2D eigenvalue weighted by molar-refractivity contribution is 0.254. The maximum absolute atomic E-state index is 4.78. The number of thiazole rings is 1. The predicted molar refractivity (Wildman–Crippen MR) is 85.9 cm³/mol. The van der Waals surface area contributed by atoms with Crippen molar-refractivity contribution in [3.63, 3.8) is 0 Å². The van der Waals surface area contributed by atoms with Crippen molar-refractivity contribution < 1.29 is 0 Å². The summed E-state index contributed by atoms with van der Waals surface area (Å²) in [5.74, 6) is 1.56. The van der Waals surface area contributed by atoms with Crippen LogP contribution in [0.25, 0.3) is 10.2 Å². The molecule has 0 bridgehead atoms. The molecule has 0 unspecified atom stereocenters. The minimum absolute atomic E-state index is 0.699. The molecule has 3 rings (SSSR count). The van der Waals surface area contributed by atoms with E-state index < -0.39 is 0 Å². The van der Waals surface area contributed by atoms with Gasteiger partial charge in [0.05, 0.1) is 15.2 Å². The van der Waals surface area contributed by atoms with Crippen molar-refractivity contribution in [1.82, 2.24) is 10.3 Å². The van der Waals surface area contributed by atoms with Gasteiger partial charge in [-0.05, 0) is 56.5 Å². The van der Waals surface area contributed by atoms with Crippen LogP contribution in [0, 0.1) is 5.92 Å². The van der Waals surface area contributed by atoms with E-state index >= 15 is 0 Å². The van der Waals surface area contributed by atoms with Gasteiger partial charge in [-0.15, -0.1) is 11.3 Å². The third-order valence-electron chi connectivity index (χ3n) is 3.81. The second-order valence-corrected chi connectivity index (χ2v) is 7.38. The number of hydrogen-bond acceptors (Lipinski definition) is 3. The van der Waals surface area contributed by atoms with E-state index in [2.05, 4.69) is 46.4 Å². The van der Waals surface area contributed by atoms with Gasteiger partial charge in [-0.3, -0.25) is 0 Å². The number of benzene rings is 1. The van der Waals surface area contributed by atoms with E-state index in [1.54, 1.807) is 0 Å². The second-order valence-electron chi connectivity index (χ2n) is 5.40. The van der Waals surface area contributed by atoms with Crippen LogP contribution < -0.4 is 5.32 Å². The molecular weight excluding hydrogens is 320 g/mol. The summed E-state index contributed by atoms with van der Waals surface area (Å²) in [5.41, 5.74) is 1.15. The molecule has 2 nitrogen and oxygen atoms in total. The average molecular weight is 339 g/mol. The number of nitrogens with one attached hydrogen (secondary N) is 1. The Bertz CT molecular complexity index is 560. The monoisotopic (exact) mass is 338 g/mol. The van der Waals surface area contributed by atoms with Gasteiger partial charge in [0.2, 0.25) is 0 Å². The molecule has 1 fully saturated rings. The summed E-state index contributed by atoms with van der Waals surface area (Å²) in [5, 5.41) is 4.85. The summed E-state index contributed by atoms with van der Waals surface area (Å²) in [6.45, 7) is 4.55. The van der Waals surface area contributed by atoms with Crippen LogP contribution in [-0.4, -0.2) is 18.1 Å². The number of halogens is 1. The lowest BCUT2D eigenvalue weighted by atomic mass is 9.75. The molecule has 1 aromatic heterocycles. The van der Waals surface area contributed by atoms with Gasteiger partial charge in [-0.2, -0.15) is 0 Å². The largest absolute Gasteiger partial charge is 0.316 e. The molecule has 0 radical (unpaired) electrons. The lowest BCUT2D eigenvalue weighted by Crippen LogP contribution is -2.32. The minimum Gasteiger partial charge on any atom is -0.316 e. The number of aromatic nitrogens is 1. The molecule has 4 heteroatoms. The van der Waals surface area contributed by atoms with E-state index in [1.807, 2.05) is 11.3 Å². The van der Waals surface area contributed by atoms with Crippen LogP contribution in [0.4, 0.5) is 0 Å². The highest BCUT2D eigenvalue weighted by Crippen LogP contribution is 2.43. The van der Waals surface area contributed by atoms with E-state index in [0.717, 1.165) is 22.5 Å². The van der Waals surface area contributed by atoms with Gasteiger partial charge in [0.15, 0.2) is 0 Å². The first-order chi connectivity index (χ1) is 9.26. The van der Waals surface area contributed by atoms with Crippen LogP contribution in [0.1, 0.15) is 37.1 Å². The van der Waals surface area contributed by atoms with Gasteiger partial charge >= 0.3 is 0 Å². The van der Waals surface area contributed by atoms with E-state index in [4.69, 9.17) is 4.98 Å². The molecule has 1 saturated carbocycles. The van der Waals surface area contributed by atoms with Crippen molar-refractivity contribution in [3.05, 3.63) is 27.7 Å². The van der Waals surface area contributed by atoms with Crippen molar-refractivity contribution in [3.8, 4) is 0 Å². The normalized spacial score (nSPS) is 22.6. The third kappa shape index (κ3) is 3.01. The number of fused-ring (bicyclic) bond motifs is 1. The molecule has 0 aliphatic heterocycles. The van der Waals surface area contributed by atoms with Crippen LogP contribution in [0.5, 0.6) is 0 Å². The Kier molecular flexibility index (Phi) is 4.20. The molecular formula is C15H19BrN2S. The predicted octanol–water partition coefficient (Wildman–Crippen LogP) is 4.55. The van der Waals surface area contributed by atoms with Crippen LogP contribution in [0.15, 0.2) is 22.7 Å². The van der Waals surface area contributed by atoms with Gasteiger partial charge in [-0.25, -0.2) is 4.98 Å². The molecule has 1 aliphatic carbocycles. The summed E-state index contributed by atoms with van der Waals surface area (Å²) in [4.78, 5) is 4.78. The van der Waals surface area contributed by atoms with Gasteiger partial charge in [0, 0.05) is 10.4 Å². The van der Waals surface area contributed by atoms with Crippen LogP contribution in [0.2, 0.25) is 0 Å². The molecule has 2 aromatic rings. The number of nitrogens with zero attached hydrogens (tertiary/aromatic N) is 1. The Hall–Kier alpha value is -0.450. The van der Waals surface area contributed by atoms with Crippen molar-refractivity contribution >= 4 is 37.5 Å². The molecule has 0 amide bonds. The zero-order valence-corrected chi connectivity index (χ0v) is 13.6. The van der Waals surface area contributed by atoms with Crippen LogP contribution in [-0.2, 0) is 0 Å². The van der Waals surface area contributed by atoms with E-state index in [-0.39, 0.29) is 0 Å². The van der Waals surface area contributed by atoms with Gasteiger partial charge in [0.1, 0.15) is 0 Å². The molecule has 1 aliphatic rings.